The number of benzene rings is 1. The standard InChI is InChI=1S/C14H18ClNO4S/c1-9-5-4-8-16(13(9)14(17)18)21(19,20)12-7-3-6-11(15)10(12)2/h3,6-7,9,13H,4-5,8H2,1-2H3,(H,17,18). The lowest BCUT2D eigenvalue weighted by molar-refractivity contribution is -0.144. The molecule has 2 unspecified atom stereocenters. The molecular formula is C14H18ClNO4S. The number of halogens is 1. The number of carbonyl (C=O) groups is 1. The van der Waals surface area contributed by atoms with Crippen molar-refractivity contribution in [2.45, 2.75) is 37.6 Å². The van der Waals surface area contributed by atoms with Crippen molar-refractivity contribution in [3.05, 3.63) is 28.8 Å². The van der Waals surface area contributed by atoms with Gasteiger partial charge < -0.3 is 5.11 Å². The highest BCUT2D eigenvalue weighted by molar-refractivity contribution is 7.89. The summed E-state index contributed by atoms with van der Waals surface area (Å²) in [7, 11) is -3.87. The molecule has 1 aromatic rings. The second kappa shape index (κ2) is 5.94. The Bertz CT molecular complexity index is 659. The van der Waals surface area contributed by atoms with Crippen LogP contribution >= 0.6 is 11.6 Å². The summed E-state index contributed by atoms with van der Waals surface area (Å²) in [5, 5.41) is 9.74. The van der Waals surface area contributed by atoms with Crippen LogP contribution in [0.15, 0.2) is 23.1 Å². The molecule has 5 nitrogen and oxygen atoms in total. The fourth-order valence-electron chi connectivity index (χ4n) is 2.78. The van der Waals surface area contributed by atoms with Crippen LogP contribution in [-0.2, 0) is 14.8 Å². The Morgan fingerprint density at radius 3 is 2.71 bits per heavy atom. The van der Waals surface area contributed by atoms with E-state index in [1.54, 1.807) is 26.0 Å². The van der Waals surface area contributed by atoms with E-state index < -0.39 is 22.0 Å². The molecule has 116 valence electrons. The molecule has 1 heterocycles. The highest BCUT2D eigenvalue weighted by atomic mass is 35.5. The van der Waals surface area contributed by atoms with E-state index in [1.165, 1.54) is 6.07 Å². The first kappa shape index (κ1) is 16.3. The Hall–Kier alpha value is -1.11. The van der Waals surface area contributed by atoms with E-state index in [2.05, 4.69) is 0 Å². The molecule has 7 heteroatoms. The number of carboxylic acids is 1. The average molecular weight is 332 g/mol. The van der Waals surface area contributed by atoms with Crippen LogP contribution < -0.4 is 0 Å². The Labute approximate surface area is 129 Å². The molecule has 0 bridgehead atoms. The third kappa shape index (κ3) is 2.93. The summed E-state index contributed by atoms with van der Waals surface area (Å²) in [6.07, 6.45) is 1.36. The monoisotopic (exact) mass is 331 g/mol. The van der Waals surface area contributed by atoms with E-state index in [0.29, 0.717) is 23.4 Å². The van der Waals surface area contributed by atoms with Gasteiger partial charge in [0, 0.05) is 11.6 Å². The minimum Gasteiger partial charge on any atom is -0.480 e. The van der Waals surface area contributed by atoms with Gasteiger partial charge in [0.05, 0.1) is 4.90 Å². The maximum atomic E-state index is 12.8. The normalized spacial score (nSPS) is 24.0. The van der Waals surface area contributed by atoms with Crippen molar-refractivity contribution in [2.75, 3.05) is 6.54 Å². The van der Waals surface area contributed by atoms with Gasteiger partial charge in [-0.05, 0) is 43.4 Å². The van der Waals surface area contributed by atoms with E-state index in [4.69, 9.17) is 11.6 Å². The van der Waals surface area contributed by atoms with Gasteiger partial charge in [0.15, 0.2) is 0 Å². The van der Waals surface area contributed by atoms with Gasteiger partial charge in [-0.2, -0.15) is 4.31 Å². The number of carboxylic acid groups (broad SMARTS) is 1. The van der Waals surface area contributed by atoms with E-state index >= 15 is 0 Å². The Morgan fingerprint density at radius 1 is 1.43 bits per heavy atom. The SMILES string of the molecule is Cc1c(Cl)cccc1S(=O)(=O)N1CCCC(C)C1C(=O)O. The smallest absolute Gasteiger partial charge is 0.322 e. The van der Waals surface area contributed by atoms with Gasteiger partial charge in [0.25, 0.3) is 0 Å². The van der Waals surface area contributed by atoms with Gasteiger partial charge >= 0.3 is 5.97 Å². The lowest BCUT2D eigenvalue weighted by atomic mass is 9.93. The number of nitrogens with zero attached hydrogens (tertiary/aromatic N) is 1. The third-order valence-corrected chi connectivity index (χ3v) is 6.38. The number of rotatable bonds is 3. The topological polar surface area (TPSA) is 74.7 Å². The number of sulfonamides is 1. The van der Waals surface area contributed by atoms with Gasteiger partial charge in [-0.1, -0.05) is 24.6 Å². The van der Waals surface area contributed by atoms with Gasteiger partial charge in [-0.15, -0.1) is 0 Å². The fraction of sp³-hybridized carbons (Fsp3) is 0.500. The summed E-state index contributed by atoms with van der Waals surface area (Å²) in [4.78, 5) is 11.6. The molecule has 1 aliphatic heterocycles. The van der Waals surface area contributed by atoms with Crippen LogP contribution in [0.25, 0.3) is 0 Å². The van der Waals surface area contributed by atoms with Crippen molar-refractivity contribution in [1.29, 1.82) is 0 Å². The predicted octanol–water partition coefficient (Wildman–Crippen LogP) is 2.52. The molecular weight excluding hydrogens is 314 g/mol. The molecule has 0 aliphatic carbocycles. The van der Waals surface area contributed by atoms with Gasteiger partial charge in [0.1, 0.15) is 6.04 Å². The van der Waals surface area contributed by atoms with Gasteiger partial charge in [0.2, 0.25) is 10.0 Å². The Morgan fingerprint density at radius 2 is 2.10 bits per heavy atom. The Kier molecular flexibility index (Phi) is 4.60. The van der Waals surface area contributed by atoms with E-state index in [0.717, 1.165) is 4.31 Å². The molecule has 0 spiro atoms. The van der Waals surface area contributed by atoms with E-state index in [1.807, 2.05) is 0 Å². The van der Waals surface area contributed by atoms with Crippen LogP contribution in [0.1, 0.15) is 25.3 Å². The molecule has 1 fully saturated rings. The molecule has 0 saturated carbocycles. The molecule has 0 aromatic heterocycles. The van der Waals surface area contributed by atoms with Crippen molar-refractivity contribution in [1.82, 2.24) is 4.31 Å². The van der Waals surface area contributed by atoms with Crippen LogP contribution in [-0.4, -0.2) is 36.4 Å². The maximum absolute atomic E-state index is 12.8. The molecule has 1 N–H and O–H groups in total. The zero-order valence-corrected chi connectivity index (χ0v) is 13.5. The molecule has 2 atom stereocenters. The molecule has 0 amide bonds. The number of piperidine rings is 1. The lowest BCUT2D eigenvalue weighted by Crippen LogP contribution is -2.51. The fourth-order valence-corrected chi connectivity index (χ4v) is 4.98. The van der Waals surface area contributed by atoms with Gasteiger partial charge in [-0.3, -0.25) is 4.79 Å². The first-order valence-corrected chi connectivity index (χ1v) is 8.58. The van der Waals surface area contributed by atoms with E-state index in [9.17, 15) is 18.3 Å². The zero-order chi connectivity index (χ0) is 15.8. The maximum Gasteiger partial charge on any atom is 0.322 e. The van der Waals surface area contributed by atoms with Crippen molar-refractivity contribution >= 4 is 27.6 Å². The number of hydrogen-bond acceptors (Lipinski definition) is 3. The quantitative estimate of drug-likeness (QED) is 0.923. The van der Waals surface area contributed by atoms with Crippen molar-refractivity contribution in [3.8, 4) is 0 Å². The Balaban J connectivity index is 2.51. The third-order valence-electron chi connectivity index (χ3n) is 3.94. The summed E-state index contributed by atoms with van der Waals surface area (Å²) in [6.45, 7) is 3.61. The molecule has 1 saturated heterocycles. The van der Waals surface area contributed by atoms with Gasteiger partial charge in [-0.25, -0.2) is 8.42 Å². The largest absolute Gasteiger partial charge is 0.480 e. The molecule has 0 radical (unpaired) electrons. The first-order valence-electron chi connectivity index (χ1n) is 6.76. The molecule has 2 rings (SSSR count). The summed E-state index contributed by atoms with van der Waals surface area (Å²) >= 11 is 5.99. The van der Waals surface area contributed by atoms with Crippen molar-refractivity contribution in [3.63, 3.8) is 0 Å². The average Bonchev–Trinajstić information content (AvgIpc) is 2.41. The zero-order valence-electron chi connectivity index (χ0n) is 11.9. The predicted molar refractivity (Wildman–Crippen MR) is 79.9 cm³/mol. The minimum atomic E-state index is -3.87. The summed E-state index contributed by atoms with van der Waals surface area (Å²) in [5.74, 6) is -1.32. The second-order valence-electron chi connectivity index (χ2n) is 5.38. The second-order valence-corrected chi connectivity index (χ2v) is 7.65. The summed E-state index contributed by atoms with van der Waals surface area (Å²) in [5.41, 5.74) is 0.446. The lowest BCUT2D eigenvalue weighted by Gasteiger charge is -2.36. The van der Waals surface area contributed by atoms with E-state index in [-0.39, 0.29) is 17.4 Å². The van der Waals surface area contributed by atoms with Crippen LogP contribution in [0.3, 0.4) is 0 Å². The summed E-state index contributed by atoms with van der Waals surface area (Å²) < 4.78 is 26.7. The van der Waals surface area contributed by atoms with Crippen LogP contribution in [0.4, 0.5) is 0 Å². The molecule has 21 heavy (non-hydrogen) atoms. The summed E-state index contributed by atoms with van der Waals surface area (Å²) in [6, 6.07) is 3.62. The van der Waals surface area contributed by atoms with Crippen molar-refractivity contribution in [2.24, 2.45) is 5.92 Å². The highest BCUT2D eigenvalue weighted by Crippen LogP contribution is 2.32. The number of hydrogen-bond donors (Lipinski definition) is 1. The molecule has 1 aliphatic rings. The van der Waals surface area contributed by atoms with Crippen LogP contribution in [0.5, 0.6) is 0 Å². The first-order chi connectivity index (χ1) is 9.76. The minimum absolute atomic E-state index is 0.0790. The number of aliphatic carboxylic acids is 1. The highest BCUT2D eigenvalue weighted by Gasteiger charge is 2.42. The molecule has 1 aromatic carbocycles. The van der Waals surface area contributed by atoms with Crippen LogP contribution in [0, 0.1) is 12.8 Å². The van der Waals surface area contributed by atoms with Crippen LogP contribution in [0.2, 0.25) is 5.02 Å². The van der Waals surface area contributed by atoms with Crippen molar-refractivity contribution < 1.29 is 18.3 Å².